The number of nitrogens with zero attached hydrogens (tertiary/aromatic N) is 1. The summed E-state index contributed by atoms with van der Waals surface area (Å²) in [5.74, 6) is 0.437. The first kappa shape index (κ1) is 16.5. The van der Waals surface area contributed by atoms with Crippen LogP contribution in [0.4, 0.5) is 0 Å². The molecule has 0 saturated carbocycles. The standard InChI is InChI=1S/C16H25NO3/c1-12(2)17(13(3)4)10-11-20-15-8-6-14(7-9-15)16(18)19-5/h6-9,12-13H,10-11H2,1-5H3. The molecule has 0 N–H and O–H groups in total. The van der Waals surface area contributed by atoms with Gasteiger partial charge < -0.3 is 9.47 Å². The maximum atomic E-state index is 11.3. The summed E-state index contributed by atoms with van der Waals surface area (Å²) in [7, 11) is 1.37. The lowest BCUT2D eigenvalue weighted by Gasteiger charge is -2.30. The molecule has 0 unspecified atom stereocenters. The van der Waals surface area contributed by atoms with E-state index in [9.17, 15) is 4.79 Å². The monoisotopic (exact) mass is 279 g/mol. The molecule has 0 saturated heterocycles. The first-order valence-electron chi connectivity index (χ1n) is 7.02. The van der Waals surface area contributed by atoms with E-state index in [1.165, 1.54) is 7.11 Å². The molecule has 4 heteroatoms. The lowest BCUT2D eigenvalue weighted by atomic mass is 10.2. The molecule has 1 aromatic rings. The van der Waals surface area contributed by atoms with Crippen LogP contribution in [0.2, 0.25) is 0 Å². The number of hydrogen-bond donors (Lipinski definition) is 0. The van der Waals surface area contributed by atoms with E-state index >= 15 is 0 Å². The smallest absolute Gasteiger partial charge is 0.337 e. The van der Waals surface area contributed by atoms with Crippen molar-refractivity contribution in [2.45, 2.75) is 39.8 Å². The number of ether oxygens (including phenoxy) is 2. The number of rotatable bonds is 7. The van der Waals surface area contributed by atoms with E-state index in [2.05, 4.69) is 37.3 Å². The van der Waals surface area contributed by atoms with Crippen LogP contribution in [0.15, 0.2) is 24.3 Å². The largest absolute Gasteiger partial charge is 0.492 e. The summed E-state index contributed by atoms with van der Waals surface area (Å²) in [4.78, 5) is 13.7. The van der Waals surface area contributed by atoms with Crippen LogP contribution in [-0.4, -0.2) is 43.2 Å². The number of esters is 1. The van der Waals surface area contributed by atoms with E-state index in [0.29, 0.717) is 24.3 Å². The van der Waals surface area contributed by atoms with Crippen molar-refractivity contribution in [3.8, 4) is 5.75 Å². The molecular weight excluding hydrogens is 254 g/mol. The Labute approximate surface area is 121 Å². The summed E-state index contributed by atoms with van der Waals surface area (Å²) in [6, 6.07) is 8.01. The van der Waals surface area contributed by atoms with Gasteiger partial charge in [-0.2, -0.15) is 0 Å². The van der Waals surface area contributed by atoms with Gasteiger partial charge in [0.2, 0.25) is 0 Å². The van der Waals surface area contributed by atoms with Crippen molar-refractivity contribution in [1.29, 1.82) is 0 Å². The SMILES string of the molecule is COC(=O)c1ccc(OCCN(C(C)C)C(C)C)cc1. The minimum absolute atomic E-state index is 0.331. The van der Waals surface area contributed by atoms with Crippen LogP contribution >= 0.6 is 0 Å². The maximum Gasteiger partial charge on any atom is 0.337 e. The fraction of sp³-hybridized carbons (Fsp3) is 0.562. The highest BCUT2D eigenvalue weighted by Crippen LogP contribution is 2.13. The number of carbonyl (C=O) groups is 1. The molecule has 0 aliphatic rings. The second kappa shape index (κ2) is 7.90. The third kappa shape index (κ3) is 4.85. The van der Waals surface area contributed by atoms with Gasteiger partial charge in [0.25, 0.3) is 0 Å². The van der Waals surface area contributed by atoms with E-state index in [0.717, 1.165) is 12.3 Å². The van der Waals surface area contributed by atoms with Crippen LogP contribution < -0.4 is 4.74 Å². The molecule has 0 atom stereocenters. The summed E-state index contributed by atoms with van der Waals surface area (Å²) >= 11 is 0. The second-order valence-corrected chi connectivity index (χ2v) is 5.29. The highest BCUT2D eigenvalue weighted by molar-refractivity contribution is 5.89. The van der Waals surface area contributed by atoms with Gasteiger partial charge in [0.15, 0.2) is 0 Å². The molecule has 4 nitrogen and oxygen atoms in total. The first-order valence-corrected chi connectivity index (χ1v) is 7.02. The highest BCUT2D eigenvalue weighted by Gasteiger charge is 2.13. The first-order chi connectivity index (χ1) is 9.45. The Morgan fingerprint density at radius 3 is 2.10 bits per heavy atom. The Morgan fingerprint density at radius 1 is 1.10 bits per heavy atom. The van der Waals surface area contributed by atoms with Crippen molar-refractivity contribution in [3.05, 3.63) is 29.8 Å². The average Bonchev–Trinajstić information content (AvgIpc) is 2.42. The van der Waals surface area contributed by atoms with E-state index in [1.807, 2.05) is 0 Å². The van der Waals surface area contributed by atoms with Gasteiger partial charge in [-0.05, 0) is 52.0 Å². The summed E-state index contributed by atoms with van der Waals surface area (Å²) in [5, 5.41) is 0. The minimum atomic E-state index is -0.331. The zero-order valence-corrected chi connectivity index (χ0v) is 13.1. The minimum Gasteiger partial charge on any atom is -0.492 e. The Hall–Kier alpha value is -1.55. The number of benzene rings is 1. The summed E-state index contributed by atoms with van der Waals surface area (Å²) < 4.78 is 10.4. The van der Waals surface area contributed by atoms with Gasteiger partial charge in [-0.3, -0.25) is 4.90 Å². The van der Waals surface area contributed by atoms with Gasteiger partial charge in [0.1, 0.15) is 12.4 Å². The van der Waals surface area contributed by atoms with Crippen LogP contribution in [0.25, 0.3) is 0 Å². The molecule has 1 aromatic carbocycles. The van der Waals surface area contributed by atoms with Crippen molar-refractivity contribution in [1.82, 2.24) is 4.90 Å². The lowest BCUT2D eigenvalue weighted by molar-refractivity contribution is 0.0600. The molecule has 0 aliphatic carbocycles. The van der Waals surface area contributed by atoms with E-state index < -0.39 is 0 Å². The molecule has 0 heterocycles. The van der Waals surface area contributed by atoms with Gasteiger partial charge >= 0.3 is 5.97 Å². The van der Waals surface area contributed by atoms with Crippen LogP contribution in [0.3, 0.4) is 0 Å². The van der Waals surface area contributed by atoms with E-state index in [1.54, 1.807) is 24.3 Å². The predicted molar refractivity (Wildman–Crippen MR) is 80.3 cm³/mol. The molecule has 0 aliphatic heterocycles. The number of carbonyl (C=O) groups excluding carboxylic acids is 1. The fourth-order valence-corrected chi connectivity index (χ4v) is 2.19. The molecule has 1 rings (SSSR count). The second-order valence-electron chi connectivity index (χ2n) is 5.29. The molecular formula is C16H25NO3. The van der Waals surface area contributed by atoms with Crippen molar-refractivity contribution >= 4 is 5.97 Å². The number of methoxy groups -OCH3 is 1. The Balaban J connectivity index is 2.48. The fourth-order valence-electron chi connectivity index (χ4n) is 2.19. The van der Waals surface area contributed by atoms with E-state index in [4.69, 9.17) is 4.74 Å². The molecule has 0 radical (unpaired) electrons. The summed E-state index contributed by atoms with van der Waals surface area (Å²) in [6.45, 7) is 10.3. The molecule has 20 heavy (non-hydrogen) atoms. The maximum absolute atomic E-state index is 11.3. The van der Waals surface area contributed by atoms with E-state index in [-0.39, 0.29) is 5.97 Å². The Kier molecular flexibility index (Phi) is 6.52. The van der Waals surface area contributed by atoms with Crippen LogP contribution in [-0.2, 0) is 4.74 Å². The highest BCUT2D eigenvalue weighted by atomic mass is 16.5. The van der Waals surface area contributed by atoms with Crippen LogP contribution in [0, 0.1) is 0 Å². The lowest BCUT2D eigenvalue weighted by Crippen LogP contribution is -2.39. The van der Waals surface area contributed by atoms with Crippen molar-refractivity contribution in [3.63, 3.8) is 0 Å². The van der Waals surface area contributed by atoms with Crippen molar-refractivity contribution in [2.24, 2.45) is 0 Å². The Bertz CT molecular complexity index is 404. The zero-order chi connectivity index (χ0) is 15.1. The normalized spacial score (nSPS) is 11.2. The van der Waals surface area contributed by atoms with Gasteiger partial charge in [-0.1, -0.05) is 0 Å². The van der Waals surface area contributed by atoms with Gasteiger partial charge in [-0.25, -0.2) is 4.79 Å². The Morgan fingerprint density at radius 2 is 1.65 bits per heavy atom. The molecule has 0 spiro atoms. The third-order valence-corrected chi connectivity index (χ3v) is 3.22. The molecule has 0 amide bonds. The van der Waals surface area contributed by atoms with Crippen LogP contribution in [0.1, 0.15) is 38.1 Å². The predicted octanol–water partition coefficient (Wildman–Crippen LogP) is 2.97. The average molecular weight is 279 g/mol. The van der Waals surface area contributed by atoms with Gasteiger partial charge in [0.05, 0.1) is 12.7 Å². The summed E-state index contributed by atoms with van der Waals surface area (Å²) in [5.41, 5.74) is 0.533. The molecule has 112 valence electrons. The van der Waals surface area contributed by atoms with Crippen molar-refractivity contribution < 1.29 is 14.3 Å². The molecule has 0 bridgehead atoms. The topological polar surface area (TPSA) is 38.8 Å². The number of hydrogen-bond acceptors (Lipinski definition) is 4. The quantitative estimate of drug-likeness (QED) is 0.719. The zero-order valence-electron chi connectivity index (χ0n) is 13.1. The van der Waals surface area contributed by atoms with Gasteiger partial charge in [0, 0.05) is 18.6 Å². The van der Waals surface area contributed by atoms with Gasteiger partial charge in [-0.15, -0.1) is 0 Å². The molecule has 0 fully saturated rings. The third-order valence-electron chi connectivity index (χ3n) is 3.22. The summed E-state index contributed by atoms with van der Waals surface area (Å²) in [6.07, 6.45) is 0. The molecule has 0 aromatic heterocycles. The van der Waals surface area contributed by atoms with Crippen molar-refractivity contribution in [2.75, 3.05) is 20.3 Å². The van der Waals surface area contributed by atoms with Crippen LogP contribution in [0.5, 0.6) is 5.75 Å².